The molecule has 0 saturated heterocycles. The Labute approximate surface area is 120 Å². The van der Waals surface area contributed by atoms with Crippen LogP contribution in [0.1, 0.15) is 45.1 Å². The molecule has 1 spiro atoms. The maximum atomic E-state index is 11.4. The minimum Gasteiger partial charge on any atom is -0.370 e. The van der Waals surface area contributed by atoms with Crippen molar-refractivity contribution in [3.05, 3.63) is 35.9 Å². The van der Waals surface area contributed by atoms with E-state index in [2.05, 4.69) is 44.2 Å². The highest BCUT2D eigenvalue weighted by molar-refractivity contribution is 5.75. The Kier molecular flexibility index (Phi) is 2.16. The van der Waals surface area contributed by atoms with Gasteiger partial charge in [-0.3, -0.25) is 4.79 Å². The van der Waals surface area contributed by atoms with E-state index in [1.54, 1.807) is 0 Å². The van der Waals surface area contributed by atoms with E-state index in [1.165, 1.54) is 18.4 Å². The number of benzene rings is 1. The zero-order valence-electron chi connectivity index (χ0n) is 12.4. The molecule has 0 heterocycles. The van der Waals surface area contributed by atoms with E-state index in [1.807, 2.05) is 0 Å². The number of carbonyl (C=O) groups excluding carboxylic acids is 1. The van der Waals surface area contributed by atoms with Gasteiger partial charge in [-0.1, -0.05) is 44.2 Å². The zero-order chi connectivity index (χ0) is 14.2. The van der Waals surface area contributed by atoms with Crippen LogP contribution in [0.4, 0.5) is 0 Å². The van der Waals surface area contributed by atoms with Crippen molar-refractivity contribution in [1.29, 1.82) is 0 Å². The first-order valence-electron chi connectivity index (χ1n) is 7.80. The third kappa shape index (κ3) is 1.05. The molecule has 5 atom stereocenters. The topological polar surface area (TPSA) is 43.1 Å². The molecule has 20 heavy (non-hydrogen) atoms. The maximum Gasteiger partial charge on any atom is 0.217 e. The fourth-order valence-electron chi connectivity index (χ4n) is 7.11. The summed E-state index contributed by atoms with van der Waals surface area (Å²) in [6, 6.07) is 11.0. The molecule has 4 rings (SSSR count). The van der Waals surface area contributed by atoms with Crippen molar-refractivity contribution in [3.8, 4) is 0 Å². The highest BCUT2D eigenvalue weighted by atomic mass is 16.1. The lowest BCUT2D eigenvalue weighted by Gasteiger charge is -2.89. The van der Waals surface area contributed by atoms with Crippen molar-refractivity contribution >= 4 is 5.91 Å². The van der Waals surface area contributed by atoms with Gasteiger partial charge in [0.05, 0.1) is 0 Å². The van der Waals surface area contributed by atoms with Crippen molar-refractivity contribution in [3.63, 3.8) is 0 Å². The molecule has 0 aliphatic heterocycles. The van der Waals surface area contributed by atoms with Crippen LogP contribution in [0.15, 0.2) is 30.3 Å². The Morgan fingerprint density at radius 1 is 1.30 bits per heavy atom. The molecule has 3 fully saturated rings. The van der Waals surface area contributed by atoms with Gasteiger partial charge in [0.15, 0.2) is 0 Å². The molecule has 0 radical (unpaired) electrons. The molecule has 3 aliphatic rings. The summed E-state index contributed by atoms with van der Waals surface area (Å²) >= 11 is 0. The molecule has 0 bridgehead atoms. The first kappa shape index (κ1) is 12.4. The molecular formula is C18H23NO. The Morgan fingerprint density at radius 2 is 2.00 bits per heavy atom. The number of primary amides is 1. The quantitative estimate of drug-likeness (QED) is 0.899. The molecule has 2 N–H and O–H groups in total. The Morgan fingerprint density at radius 3 is 2.55 bits per heavy atom. The van der Waals surface area contributed by atoms with Gasteiger partial charge in [0, 0.05) is 11.8 Å². The summed E-state index contributed by atoms with van der Waals surface area (Å²) in [5.74, 6) is 1.10. The second-order valence-corrected chi connectivity index (χ2v) is 7.73. The molecule has 0 aromatic heterocycles. The molecule has 3 saturated carbocycles. The Hall–Kier alpha value is -1.31. The number of nitrogens with two attached hydrogens (primary N) is 1. The average molecular weight is 269 g/mol. The smallest absolute Gasteiger partial charge is 0.217 e. The minimum absolute atomic E-state index is 0.126. The maximum absolute atomic E-state index is 11.4. The molecule has 1 aromatic carbocycles. The van der Waals surface area contributed by atoms with Crippen molar-refractivity contribution < 1.29 is 4.79 Å². The monoisotopic (exact) mass is 269 g/mol. The minimum atomic E-state index is -0.126. The number of rotatable bonds is 3. The van der Waals surface area contributed by atoms with E-state index >= 15 is 0 Å². The number of amides is 1. The highest BCUT2D eigenvalue weighted by Crippen LogP contribution is 2.91. The fraction of sp³-hybridized carbons (Fsp3) is 0.611. The van der Waals surface area contributed by atoms with Crippen LogP contribution in [0.2, 0.25) is 0 Å². The van der Waals surface area contributed by atoms with Crippen LogP contribution < -0.4 is 5.73 Å². The van der Waals surface area contributed by atoms with Crippen molar-refractivity contribution in [1.82, 2.24) is 0 Å². The summed E-state index contributed by atoms with van der Waals surface area (Å²) in [4.78, 5) is 11.4. The van der Waals surface area contributed by atoms with Gasteiger partial charge in [-0.05, 0) is 47.5 Å². The van der Waals surface area contributed by atoms with Crippen molar-refractivity contribution in [2.24, 2.45) is 28.4 Å². The van der Waals surface area contributed by atoms with Gasteiger partial charge in [0.25, 0.3) is 0 Å². The molecular weight excluding hydrogens is 246 g/mol. The average Bonchev–Trinajstić information content (AvgIpc) is 2.35. The molecule has 2 nitrogen and oxygen atoms in total. The van der Waals surface area contributed by atoms with Gasteiger partial charge >= 0.3 is 0 Å². The van der Waals surface area contributed by atoms with E-state index in [0.29, 0.717) is 28.6 Å². The number of carbonyl (C=O) groups is 1. The van der Waals surface area contributed by atoms with E-state index in [9.17, 15) is 4.79 Å². The zero-order valence-corrected chi connectivity index (χ0v) is 12.4. The Bertz CT molecular complexity index is 582. The lowest BCUT2D eigenvalue weighted by atomic mass is 9.14. The van der Waals surface area contributed by atoms with E-state index < -0.39 is 0 Å². The fourth-order valence-corrected chi connectivity index (χ4v) is 7.11. The molecule has 3 aliphatic carbocycles. The number of hydrogen-bond donors (Lipinski definition) is 1. The predicted octanol–water partition coefficient (Wildman–Crippen LogP) is 3.26. The summed E-state index contributed by atoms with van der Waals surface area (Å²) in [6.45, 7) is 4.81. The summed E-state index contributed by atoms with van der Waals surface area (Å²) in [6.07, 6.45) is 4.34. The molecule has 1 amide bonds. The third-order valence-electron chi connectivity index (χ3n) is 7.03. The van der Waals surface area contributed by atoms with Crippen LogP contribution in [0, 0.1) is 22.7 Å². The molecule has 1 aromatic rings. The van der Waals surface area contributed by atoms with Crippen molar-refractivity contribution in [2.45, 2.75) is 44.9 Å². The van der Waals surface area contributed by atoms with Crippen molar-refractivity contribution in [2.75, 3.05) is 0 Å². The largest absolute Gasteiger partial charge is 0.370 e. The van der Waals surface area contributed by atoms with Gasteiger partial charge in [0.2, 0.25) is 5.91 Å². The summed E-state index contributed by atoms with van der Waals surface area (Å²) in [7, 11) is 0. The lowest BCUT2D eigenvalue weighted by molar-refractivity contribution is -0.376. The standard InChI is InChI=1S/C18H23NO/c1-12-9-16(2)11-17(13-6-4-3-5-7-13)10-14(8-15(19)20)18(12,16)17/h3-7,12,14H,8-11H2,1-2H3,(H2,19,20). The van der Waals surface area contributed by atoms with E-state index in [4.69, 9.17) is 5.73 Å². The first-order chi connectivity index (χ1) is 9.46. The van der Waals surface area contributed by atoms with Crippen LogP contribution in [0.5, 0.6) is 0 Å². The SMILES string of the molecule is CC1CC2(C)CC3(c4ccccc4)CC(CC(N)=O)C123. The lowest BCUT2D eigenvalue weighted by Crippen LogP contribution is -2.85. The van der Waals surface area contributed by atoms with Crippen LogP contribution in [0.3, 0.4) is 0 Å². The Balaban J connectivity index is 1.76. The molecule has 106 valence electrons. The van der Waals surface area contributed by atoms with Crippen LogP contribution in [-0.4, -0.2) is 5.91 Å². The van der Waals surface area contributed by atoms with Gasteiger partial charge in [-0.25, -0.2) is 0 Å². The first-order valence-corrected chi connectivity index (χ1v) is 7.80. The number of hydrogen-bond acceptors (Lipinski definition) is 1. The second kappa shape index (κ2) is 3.47. The van der Waals surface area contributed by atoms with Crippen LogP contribution in [-0.2, 0) is 10.2 Å². The van der Waals surface area contributed by atoms with Gasteiger partial charge < -0.3 is 5.73 Å². The summed E-state index contributed by atoms with van der Waals surface area (Å²) in [5, 5.41) is 0. The van der Waals surface area contributed by atoms with E-state index in [-0.39, 0.29) is 5.91 Å². The highest BCUT2D eigenvalue weighted by Gasteiger charge is 2.86. The normalized spacial score (nSPS) is 48.1. The predicted molar refractivity (Wildman–Crippen MR) is 79.0 cm³/mol. The summed E-state index contributed by atoms with van der Waals surface area (Å²) < 4.78 is 0. The van der Waals surface area contributed by atoms with Crippen LogP contribution >= 0.6 is 0 Å². The van der Waals surface area contributed by atoms with Gasteiger partial charge in [-0.2, -0.15) is 0 Å². The summed E-state index contributed by atoms with van der Waals surface area (Å²) in [5.41, 5.74) is 8.11. The van der Waals surface area contributed by atoms with Gasteiger partial charge in [0.1, 0.15) is 0 Å². The third-order valence-corrected chi connectivity index (χ3v) is 7.03. The van der Waals surface area contributed by atoms with Gasteiger partial charge in [-0.15, -0.1) is 0 Å². The second-order valence-electron chi connectivity index (χ2n) is 7.73. The molecule has 2 heteroatoms. The van der Waals surface area contributed by atoms with E-state index in [0.717, 1.165) is 12.3 Å². The molecule has 5 unspecified atom stereocenters. The van der Waals surface area contributed by atoms with Crippen LogP contribution in [0.25, 0.3) is 0 Å².